The van der Waals surface area contributed by atoms with Crippen LogP contribution in [0.5, 0.6) is 5.75 Å². The third-order valence-corrected chi connectivity index (χ3v) is 3.48. The van der Waals surface area contributed by atoms with Gasteiger partial charge in [-0.25, -0.2) is 0 Å². The Bertz CT molecular complexity index is 319. The highest BCUT2D eigenvalue weighted by Crippen LogP contribution is 2.31. The molecule has 102 valence electrons. The molecule has 0 fully saturated rings. The molecule has 0 aliphatic heterocycles. The zero-order chi connectivity index (χ0) is 13.4. The molecule has 18 heavy (non-hydrogen) atoms. The van der Waals surface area contributed by atoms with Crippen LogP contribution in [0.4, 0.5) is 0 Å². The topological polar surface area (TPSA) is 29.5 Å². The smallest absolute Gasteiger partial charge is 0.127 e. The van der Waals surface area contributed by atoms with Crippen molar-refractivity contribution in [3.63, 3.8) is 0 Å². The van der Waals surface area contributed by atoms with Crippen LogP contribution in [0, 0.1) is 5.41 Å². The maximum Gasteiger partial charge on any atom is 0.127 e. The Balaban J connectivity index is 2.58. The number of aliphatic hydroxyl groups is 1. The molecule has 0 heterocycles. The number of benzene rings is 1. The lowest BCUT2D eigenvalue weighted by Crippen LogP contribution is -2.37. The largest absolute Gasteiger partial charge is 0.487 e. The lowest BCUT2D eigenvalue weighted by molar-refractivity contribution is 0.0170. The Kier molecular flexibility index (Phi) is 6.20. The summed E-state index contributed by atoms with van der Waals surface area (Å²) in [6.45, 7) is 6.62. The molecular formula is C16H26O2. The average molecular weight is 250 g/mol. The minimum absolute atomic E-state index is 0.000237. The first-order valence-corrected chi connectivity index (χ1v) is 6.92. The van der Waals surface area contributed by atoms with E-state index in [9.17, 15) is 5.11 Å². The highest BCUT2D eigenvalue weighted by molar-refractivity contribution is 5.21. The van der Waals surface area contributed by atoms with Crippen molar-refractivity contribution in [2.75, 3.05) is 6.61 Å². The van der Waals surface area contributed by atoms with E-state index in [4.69, 9.17) is 4.74 Å². The van der Waals surface area contributed by atoms with Crippen molar-refractivity contribution in [3.05, 3.63) is 30.3 Å². The van der Waals surface area contributed by atoms with Gasteiger partial charge in [-0.1, -0.05) is 58.2 Å². The number of para-hydroxylation sites is 1. The van der Waals surface area contributed by atoms with Crippen molar-refractivity contribution in [2.24, 2.45) is 5.41 Å². The number of rotatable bonds is 8. The van der Waals surface area contributed by atoms with Crippen LogP contribution in [0.1, 0.15) is 46.5 Å². The van der Waals surface area contributed by atoms with Crippen molar-refractivity contribution in [3.8, 4) is 5.75 Å². The molecule has 0 spiro atoms. The average Bonchev–Trinajstić information content (AvgIpc) is 2.37. The van der Waals surface area contributed by atoms with E-state index in [-0.39, 0.29) is 18.1 Å². The van der Waals surface area contributed by atoms with E-state index in [2.05, 4.69) is 20.8 Å². The van der Waals surface area contributed by atoms with Crippen LogP contribution < -0.4 is 4.74 Å². The van der Waals surface area contributed by atoms with E-state index in [1.165, 1.54) is 19.3 Å². The number of aliphatic hydroxyl groups excluding tert-OH is 1. The zero-order valence-electron chi connectivity index (χ0n) is 11.9. The van der Waals surface area contributed by atoms with Crippen molar-refractivity contribution in [1.82, 2.24) is 0 Å². The first kappa shape index (κ1) is 15.0. The second-order valence-corrected chi connectivity index (χ2v) is 5.55. The number of hydrogen-bond acceptors (Lipinski definition) is 2. The third kappa shape index (κ3) is 4.69. The van der Waals surface area contributed by atoms with Crippen LogP contribution in [0.2, 0.25) is 0 Å². The van der Waals surface area contributed by atoms with Crippen molar-refractivity contribution >= 4 is 0 Å². The van der Waals surface area contributed by atoms with Gasteiger partial charge >= 0.3 is 0 Å². The van der Waals surface area contributed by atoms with Gasteiger partial charge in [-0.3, -0.25) is 0 Å². The first-order valence-electron chi connectivity index (χ1n) is 6.92. The summed E-state index contributed by atoms with van der Waals surface area (Å²) in [5.74, 6) is 0.833. The molecule has 2 heteroatoms. The van der Waals surface area contributed by atoms with Gasteiger partial charge in [-0.2, -0.15) is 0 Å². The molecule has 1 N–H and O–H groups in total. The van der Waals surface area contributed by atoms with Crippen LogP contribution in [0.15, 0.2) is 30.3 Å². The molecule has 1 unspecified atom stereocenters. The van der Waals surface area contributed by atoms with Gasteiger partial charge in [0.2, 0.25) is 0 Å². The van der Waals surface area contributed by atoms with E-state index >= 15 is 0 Å². The normalized spacial score (nSPS) is 13.3. The summed E-state index contributed by atoms with van der Waals surface area (Å²) in [5, 5.41) is 9.55. The molecule has 0 saturated carbocycles. The lowest BCUT2D eigenvalue weighted by Gasteiger charge is -2.33. The summed E-state index contributed by atoms with van der Waals surface area (Å²) in [6.07, 6.45) is 4.60. The zero-order valence-corrected chi connectivity index (χ0v) is 11.9. The Morgan fingerprint density at radius 2 is 1.83 bits per heavy atom. The molecule has 0 aliphatic carbocycles. The van der Waals surface area contributed by atoms with E-state index in [1.807, 2.05) is 30.3 Å². The second-order valence-electron chi connectivity index (χ2n) is 5.55. The van der Waals surface area contributed by atoms with Crippen molar-refractivity contribution in [2.45, 2.75) is 52.6 Å². The Morgan fingerprint density at radius 1 is 1.17 bits per heavy atom. The quantitative estimate of drug-likeness (QED) is 0.706. The van der Waals surface area contributed by atoms with Gasteiger partial charge in [-0.15, -0.1) is 0 Å². The first-order chi connectivity index (χ1) is 8.60. The highest BCUT2D eigenvalue weighted by atomic mass is 16.5. The monoisotopic (exact) mass is 250 g/mol. The number of ether oxygens (including phenoxy) is 1. The maximum absolute atomic E-state index is 9.55. The van der Waals surface area contributed by atoms with E-state index in [1.54, 1.807) is 0 Å². The van der Waals surface area contributed by atoms with E-state index < -0.39 is 0 Å². The Labute approximate surface area is 111 Å². The fraction of sp³-hybridized carbons (Fsp3) is 0.625. The number of hydrogen-bond donors (Lipinski definition) is 1. The standard InChI is InChI=1S/C16H26O2/c1-4-5-9-12-16(2,3)15(13-17)18-14-10-7-6-8-11-14/h6-8,10-11,15,17H,4-5,9,12-13H2,1-3H3. The number of unbranched alkanes of at least 4 members (excludes halogenated alkanes) is 2. The van der Waals surface area contributed by atoms with E-state index in [0.29, 0.717) is 0 Å². The molecule has 2 nitrogen and oxygen atoms in total. The van der Waals surface area contributed by atoms with Gasteiger partial charge in [0, 0.05) is 5.41 Å². The summed E-state index contributed by atoms with van der Waals surface area (Å²) >= 11 is 0. The van der Waals surface area contributed by atoms with Gasteiger partial charge in [0.05, 0.1) is 6.61 Å². The molecule has 0 radical (unpaired) electrons. The molecule has 0 aliphatic rings. The second kappa shape index (κ2) is 7.42. The van der Waals surface area contributed by atoms with Crippen LogP contribution in [-0.4, -0.2) is 17.8 Å². The summed E-state index contributed by atoms with van der Waals surface area (Å²) in [7, 11) is 0. The van der Waals surface area contributed by atoms with Crippen LogP contribution in [0.25, 0.3) is 0 Å². The minimum atomic E-state index is -0.142. The fourth-order valence-electron chi connectivity index (χ4n) is 2.10. The van der Waals surface area contributed by atoms with Gasteiger partial charge in [0.15, 0.2) is 0 Å². The predicted molar refractivity (Wildman–Crippen MR) is 75.9 cm³/mol. The Hall–Kier alpha value is -1.02. The van der Waals surface area contributed by atoms with Gasteiger partial charge in [0.25, 0.3) is 0 Å². The van der Waals surface area contributed by atoms with E-state index in [0.717, 1.165) is 12.2 Å². The van der Waals surface area contributed by atoms with Crippen LogP contribution >= 0.6 is 0 Å². The molecule has 0 amide bonds. The molecule has 1 aromatic rings. The molecule has 0 saturated heterocycles. The molecule has 1 rings (SSSR count). The van der Waals surface area contributed by atoms with Crippen LogP contribution in [-0.2, 0) is 0 Å². The SMILES string of the molecule is CCCCCC(C)(C)C(CO)Oc1ccccc1. The fourth-order valence-corrected chi connectivity index (χ4v) is 2.10. The van der Waals surface area contributed by atoms with Gasteiger partial charge < -0.3 is 9.84 Å². The summed E-state index contributed by atoms with van der Waals surface area (Å²) in [6, 6.07) is 9.74. The molecule has 0 aromatic heterocycles. The van der Waals surface area contributed by atoms with Crippen LogP contribution in [0.3, 0.4) is 0 Å². The molecule has 0 bridgehead atoms. The lowest BCUT2D eigenvalue weighted by atomic mass is 9.81. The van der Waals surface area contributed by atoms with Crippen molar-refractivity contribution in [1.29, 1.82) is 0 Å². The maximum atomic E-state index is 9.55. The minimum Gasteiger partial charge on any atom is -0.487 e. The summed E-state index contributed by atoms with van der Waals surface area (Å²) < 4.78 is 5.91. The van der Waals surface area contributed by atoms with Gasteiger partial charge in [0.1, 0.15) is 11.9 Å². The predicted octanol–water partition coefficient (Wildman–Crippen LogP) is 4.03. The van der Waals surface area contributed by atoms with Crippen molar-refractivity contribution < 1.29 is 9.84 Å². The third-order valence-electron chi connectivity index (χ3n) is 3.48. The van der Waals surface area contributed by atoms with Gasteiger partial charge in [-0.05, 0) is 18.6 Å². The molecular weight excluding hydrogens is 224 g/mol. The molecule has 1 atom stereocenters. The summed E-state index contributed by atoms with van der Waals surface area (Å²) in [5.41, 5.74) is -0.000237. The summed E-state index contributed by atoms with van der Waals surface area (Å²) in [4.78, 5) is 0. The highest BCUT2D eigenvalue weighted by Gasteiger charge is 2.30. The Morgan fingerprint density at radius 3 is 2.39 bits per heavy atom. The molecule has 1 aromatic carbocycles.